The van der Waals surface area contributed by atoms with Crippen molar-refractivity contribution in [3.05, 3.63) is 82.1 Å². The van der Waals surface area contributed by atoms with Crippen molar-refractivity contribution in [1.82, 2.24) is 19.2 Å². The Hall–Kier alpha value is -3.61. The largest absolute Gasteiger partial charge is 0.420 e. The van der Waals surface area contributed by atoms with Crippen molar-refractivity contribution in [2.24, 2.45) is 0 Å². The quantitative estimate of drug-likeness (QED) is 0.525. The maximum Gasteiger partial charge on any atom is 0.420 e. The molecule has 148 valence electrons. The maximum atomic E-state index is 12.8. The molecule has 1 amide bonds. The van der Waals surface area contributed by atoms with E-state index in [0.29, 0.717) is 17.6 Å². The second-order valence-electron chi connectivity index (χ2n) is 7.07. The second-order valence-corrected chi connectivity index (χ2v) is 7.07. The summed E-state index contributed by atoms with van der Waals surface area (Å²) in [7, 11) is 1.73. The van der Waals surface area contributed by atoms with E-state index in [4.69, 9.17) is 4.42 Å². The van der Waals surface area contributed by atoms with Crippen molar-refractivity contribution in [3.8, 4) is 5.69 Å². The van der Waals surface area contributed by atoms with Gasteiger partial charge in [-0.3, -0.25) is 9.36 Å². The minimum absolute atomic E-state index is 0.0722. The van der Waals surface area contributed by atoms with Gasteiger partial charge in [0, 0.05) is 24.8 Å². The molecule has 29 heavy (non-hydrogen) atoms. The van der Waals surface area contributed by atoms with E-state index in [-0.39, 0.29) is 12.5 Å². The summed E-state index contributed by atoms with van der Waals surface area (Å²) in [4.78, 5) is 26.6. The molecule has 7 heteroatoms. The number of oxazole rings is 1. The minimum Gasteiger partial charge on any atom is -0.408 e. The third-order valence-electron chi connectivity index (χ3n) is 5.13. The number of likely N-dealkylation sites (N-methyl/N-ethyl adjacent to an activating group) is 1. The second kappa shape index (κ2) is 7.43. The molecule has 0 saturated heterocycles. The standard InChI is InChI=1S/C22H22N4O3/c1-15-18(16(2)26(23-15)17-9-5-4-6-10-17)13-24(3)21(27)14-25-19-11-7-8-12-20(19)29-22(25)28/h4-12H,13-14H2,1-3H3. The number of fused-ring (bicyclic) bond motifs is 1. The van der Waals surface area contributed by atoms with Crippen LogP contribution < -0.4 is 5.76 Å². The van der Waals surface area contributed by atoms with Crippen LogP contribution in [0.5, 0.6) is 0 Å². The Morgan fingerprint density at radius 3 is 2.52 bits per heavy atom. The summed E-state index contributed by atoms with van der Waals surface area (Å²) in [6.07, 6.45) is 0. The predicted molar refractivity (Wildman–Crippen MR) is 110 cm³/mol. The lowest BCUT2D eigenvalue weighted by Crippen LogP contribution is -2.32. The summed E-state index contributed by atoms with van der Waals surface area (Å²) in [6, 6.07) is 17.0. The van der Waals surface area contributed by atoms with Gasteiger partial charge in [-0.1, -0.05) is 30.3 Å². The third-order valence-corrected chi connectivity index (χ3v) is 5.13. The molecule has 2 heterocycles. The zero-order chi connectivity index (χ0) is 20.5. The molecule has 0 saturated carbocycles. The monoisotopic (exact) mass is 390 g/mol. The van der Waals surface area contributed by atoms with Gasteiger partial charge in [0.2, 0.25) is 5.91 Å². The van der Waals surface area contributed by atoms with Gasteiger partial charge >= 0.3 is 5.76 Å². The molecule has 0 aliphatic rings. The van der Waals surface area contributed by atoms with Crippen molar-refractivity contribution < 1.29 is 9.21 Å². The van der Waals surface area contributed by atoms with Crippen molar-refractivity contribution >= 4 is 17.0 Å². The highest BCUT2D eigenvalue weighted by Gasteiger charge is 2.19. The highest BCUT2D eigenvalue weighted by Crippen LogP contribution is 2.19. The molecule has 0 spiro atoms. The number of nitrogens with zero attached hydrogens (tertiary/aromatic N) is 4. The number of carbonyl (C=O) groups is 1. The summed E-state index contributed by atoms with van der Waals surface area (Å²) in [5.41, 5.74) is 4.92. The van der Waals surface area contributed by atoms with E-state index in [9.17, 15) is 9.59 Å². The SMILES string of the molecule is Cc1nn(-c2ccccc2)c(C)c1CN(C)C(=O)Cn1c(=O)oc2ccccc21. The van der Waals surface area contributed by atoms with Crippen LogP contribution in [0.25, 0.3) is 16.8 Å². The average molecular weight is 390 g/mol. The Bertz CT molecular complexity index is 1230. The number of para-hydroxylation sites is 3. The van der Waals surface area contributed by atoms with Crippen molar-refractivity contribution in [2.75, 3.05) is 7.05 Å². The van der Waals surface area contributed by atoms with Crippen LogP contribution in [0.3, 0.4) is 0 Å². The molecule has 7 nitrogen and oxygen atoms in total. The predicted octanol–water partition coefficient (Wildman–Crippen LogP) is 3.06. The topological polar surface area (TPSA) is 73.3 Å². The molecule has 2 aromatic heterocycles. The highest BCUT2D eigenvalue weighted by atomic mass is 16.4. The van der Waals surface area contributed by atoms with E-state index < -0.39 is 5.76 Å². The first-order valence-corrected chi connectivity index (χ1v) is 9.38. The number of hydrogen-bond donors (Lipinski definition) is 0. The van der Waals surface area contributed by atoms with Gasteiger partial charge in [-0.05, 0) is 38.1 Å². The number of rotatable bonds is 5. The van der Waals surface area contributed by atoms with E-state index >= 15 is 0 Å². The zero-order valence-corrected chi connectivity index (χ0v) is 16.6. The number of aryl methyl sites for hydroxylation is 1. The van der Waals surface area contributed by atoms with Crippen molar-refractivity contribution in [2.45, 2.75) is 26.9 Å². The van der Waals surface area contributed by atoms with Crippen molar-refractivity contribution in [3.63, 3.8) is 0 Å². The lowest BCUT2D eigenvalue weighted by molar-refractivity contribution is -0.131. The number of carbonyl (C=O) groups excluding carboxylic acids is 1. The molecular weight excluding hydrogens is 368 g/mol. The van der Waals surface area contributed by atoms with E-state index in [1.165, 1.54) is 4.57 Å². The van der Waals surface area contributed by atoms with Gasteiger partial charge in [-0.2, -0.15) is 5.10 Å². The van der Waals surface area contributed by atoms with Gasteiger partial charge in [0.15, 0.2) is 5.58 Å². The molecule has 4 aromatic rings. The summed E-state index contributed by atoms with van der Waals surface area (Å²) < 4.78 is 8.46. The van der Waals surface area contributed by atoms with Gasteiger partial charge in [0.25, 0.3) is 0 Å². The maximum absolute atomic E-state index is 12.8. The molecule has 0 bridgehead atoms. The summed E-state index contributed by atoms with van der Waals surface area (Å²) >= 11 is 0. The van der Waals surface area contributed by atoms with Crippen LogP contribution in [0.4, 0.5) is 0 Å². The first-order chi connectivity index (χ1) is 14.0. The van der Waals surface area contributed by atoms with Crippen molar-refractivity contribution in [1.29, 1.82) is 0 Å². The molecule has 0 unspecified atom stereocenters. The molecule has 0 N–H and O–H groups in total. The van der Waals surface area contributed by atoms with Crippen LogP contribution in [0.15, 0.2) is 63.8 Å². The Labute approximate surface area is 167 Å². The van der Waals surface area contributed by atoms with Crippen LogP contribution in [0.2, 0.25) is 0 Å². The molecule has 0 fully saturated rings. The van der Waals surface area contributed by atoms with Crippen LogP contribution >= 0.6 is 0 Å². The van der Waals surface area contributed by atoms with E-state index in [1.807, 2.05) is 54.9 Å². The summed E-state index contributed by atoms with van der Waals surface area (Å²) in [5, 5.41) is 4.63. The minimum atomic E-state index is -0.530. The summed E-state index contributed by atoms with van der Waals surface area (Å²) in [6.45, 7) is 4.27. The fourth-order valence-electron chi connectivity index (χ4n) is 3.47. The third kappa shape index (κ3) is 3.47. The number of hydrogen-bond acceptors (Lipinski definition) is 4. The van der Waals surface area contributed by atoms with Gasteiger partial charge in [-0.25, -0.2) is 9.48 Å². The van der Waals surface area contributed by atoms with Crippen LogP contribution in [-0.4, -0.2) is 32.2 Å². The smallest absolute Gasteiger partial charge is 0.408 e. The fourth-order valence-corrected chi connectivity index (χ4v) is 3.47. The molecule has 2 aromatic carbocycles. The zero-order valence-electron chi connectivity index (χ0n) is 16.6. The van der Waals surface area contributed by atoms with E-state index in [0.717, 1.165) is 22.6 Å². The average Bonchev–Trinajstić information content (AvgIpc) is 3.19. The van der Waals surface area contributed by atoms with Crippen LogP contribution in [0.1, 0.15) is 17.0 Å². The lowest BCUT2D eigenvalue weighted by atomic mass is 10.2. The Morgan fingerprint density at radius 1 is 1.07 bits per heavy atom. The lowest BCUT2D eigenvalue weighted by Gasteiger charge is -2.18. The van der Waals surface area contributed by atoms with Gasteiger partial charge in [-0.15, -0.1) is 0 Å². The number of aromatic nitrogens is 3. The Morgan fingerprint density at radius 2 is 1.76 bits per heavy atom. The number of amides is 1. The molecule has 4 rings (SSSR count). The molecule has 0 aliphatic heterocycles. The van der Waals surface area contributed by atoms with E-state index in [2.05, 4.69) is 5.10 Å². The first kappa shape index (κ1) is 18.7. The first-order valence-electron chi connectivity index (χ1n) is 9.38. The van der Waals surface area contributed by atoms with Gasteiger partial charge in [0.1, 0.15) is 6.54 Å². The fraction of sp³-hybridized carbons (Fsp3) is 0.227. The van der Waals surface area contributed by atoms with Crippen LogP contribution in [-0.2, 0) is 17.9 Å². The van der Waals surface area contributed by atoms with Gasteiger partial charge < -0.3 is 9.32 Å². The number of benzene rings is 2. The normalized spacial score (nSPS) is 11.1. The summed E-state index contributed by atoms with van der Waals surface area (Å²) in [5.74, 6) is -0.706. The highest BCUT2D eigenvalue weighted by molar-refractivity contribution is 5.79. The Balaban J connectivity index is 1.56. The molecular formula is C22H22N4O3. The molecule has 0 aliphatic carbocycles. The Kier molecular flexibility index (Phi) is 4.80. The van der Waals surface area contributed by atoms with Crippen LogP contribution in [0, 0.1) is 13.8 Å². The molecule has 0 radical (unpaired) electrons. The molecule has 0 atom stereocenters. The van der Waals surface area contributed by atoms with Gasteiger partial charge in [0.05, 0.1) is 16.9 Å². The van der Waals surface area contributed by atoms with E-state index in [1.54, 1.807) is 30.1 Å².